The van der Waals surface area contributed by atoms with E-state index < -0.39 is 0 Å². The molecule has 264 valence electrons. The van der Waals surface area contributed by atoms with Gasteiger partial charge >= 0.3 is 0 Å². The van der Waals surface area contributed by atoms with Gasteiger partial charge in [0.1, 0.15) is 0 Å². The van der Waals surface area contributed by atoms with E-state index in [4.69, 9.17) is 4.74 Å². The first-order valence-electron chi connectivity index (χ1n) is 20.2. The second-order valence-corrected chi connectivity index (χ2v) is 14.0. The highest BCUT2D eigenvalue weighted by molar-refractivity contribution is 5.76. The van der Waals surface area contributed by atoms with E-state index >= 15 is 0 Å². The zero-order valence-corrected chi connectivity index (χ0v) is 30.5. The Balaban J connectivity index is 4.02. The number of aliphatic hydroxyl groups is 1. The van der Waals surface area contributed by atoms with E-state index in [2.05, 4.69) is 26.1 Å². The van der Waals surface area contributed by atoms with Crippen LogP contribution in [0.5, 0.6) is 0 Å². The molecule has 0 saturated heterocycles. The minimum absolute atomic E-state index is 0.0520. The fourth-order valence-electron chi connectivity index (χ4n) is 6.43. The first-order valence-corrected chi connectivity index (χ1v) is 20.2. The molecule has 0 radical (unpaired) electrons. The Morgan fingerprint density at radius 1 is 0.523 bits per heavy atom. The summed E-state index contributed by atoms with van der Waals surface area (Å²) in [6.45, 7) is 7.95. The predicted octanol–water partition coefficient (Wildman–Crippen LogP) is 12.2. The molecule has 0 aromatic heterocycles. The topological polar surface area (TPSA) is 58.6 Å². The van der Waals surface area contributed by atoms with E-state index in [1.165, 1.54) is 173 Å². The summed E-state index contributed by atoms with van der Waals surface area (Å²) < 4.78 is 6.01. The molecule has 2 atom stereocenters. The SMILES string of the molecule is CCCCCCCCCCCCCC(=O)N[C@@H](CO)COCC[C@H](CCCCCCC)CCCCCCCCCCCCC. The summed E-state index contributed by atoms with van der Waals surface area (Å²) in [5, 5.41) is 12.8. The second kappa shape index (κ2) is 36.9. The lowest BCUT2D eigenvalue weighted by Crippen LogP contribution is -2.40. The highest BCUT2D eigenvalue weighted by Gasteiger charge is 2.13. The number of ether oxygens (including phenoxy) is 1. The van der Waals surface area contributed by atoms with E-state index in [9.17, 15) is 9.90 Å². The van der Waals surface area contributed by atoms with Gasteiger partial charge in [-0.15, -0.1) is 0 Å². The number of nitrogens with one attached hydrogen (secondary N) is 1. The third-order valence-corrected chi connectivity index (χ3v) is 9.51. The van der Waals surface area contributed by atoms with Crippen molar-refractivity contribution in [2.45, 2.75) is 226 Å². The zero-order valence-electron chi connectivity index (χ0n) is 30.5. The Kier molecular flexibility index (Phi) is 36.3. The number of amides is 1. The fraction of sp³-hybridized carbons (Fsp3) is 0.975. The van der Waals surface area contributed by atoms with Crippen LogP contribution in [0, 0.1) is 5.92 Å². The highest BCUT2D eigenvalue weighted by Crippen LogP contribution is 2.22. The van der Waals surface area contributed by atoms with Crippen LogP contribution < -0.4 is 5.32 Å². The average molecular weight is 624 g/mol. The van der Waals surface area contributed by atoms with Gasteiger partial charge in [0.15, 0.2) is 0 Å². The molecule has 0 aromatic carbocycles. The van der Waals surface area contributed by atoms with Crippen LogP contribution in [0.15, 0.2) is 0 Å². The van der Waals surface area contributed by atoms with Crippen LogP contribution in [0.2, 0.25) is 0 Å². The van der Waals surface area contributed by atoms with Crippen molar-refractivity contribution in [3.05, 3.63) is 0 Å². The molecular weight excluding hydrogens is 542 g/mol. The highest BCUT2D eigenvalue weighted by atomic mass is 16.5. The van der Waals surface area contributed by atoms with E-state index in [-0.39, 0.29) is 18.6 Å². The predicted molar refractivity (Wildman–Crippen MR) is 193 cm³/mol. The molecule has 0 bridgehead atoms. The van der Waals surface area contributed by atoms with Crippen molar-refractivity contribution in [3.8, 4) is 0 Å². The molecular formula is C40H81NO3. The molecule has 0 fully saturated rings. The quantitative estimate of drug-likeness (QED) is 0.0677. The molecule has 44 heavy (non-hydrogen) atoms. The molecule has 4 heteroatoms. The van der Waals surface area contributed by atoms with Crippen molar-refractivity contribution >= 4 is 5.91 Å². The first-order chi connectivity index (χ1) is 21.7. The number of hydrogen-bond acceptors (Lipinski definition) is 3. The van der Waals surface area contributed by atoms with E-state index in [0.29, 0.717) is 13.0 Å². The lowest BCUT2D eigenvalue weighted by molar-refractivity contribution is -0.122. The van der Waals surface area contributed by atoms with E-state index in [1.54, 1.807) is 0 Å². The van der Waals surface area contributed by atoms with Gasteiger partial charge in [-0.3, -0.25) is 4.79 Å². The molecule has 0 aromatic rings. The maximum Gasteiger partial charge on any atom is 0.220 e. The van der Waals surface area contributed by atoms with Crippen molar-refractivity contribution in [1.82, 2.24) is 5.32 Å². The normalized spacial score (nSPS) is 12.9. The maximum absolute atomic E-state index is 12.4. The molecule has 1 amide bonds. The fourth-order valence-corrected chi connectivity index (χ4v) is 6.43. The Morgan fingerprint density at radius 3 is 1.27 bits per heavy atom. The molecule has 0 aliphatic rings. The van der Waals surface area contributed by atoms with Crippen LogP contribution in [0.3, 0.4) is 0 Å². The lowest BCUT2D eigenvalue weighted by atomic mass is 9.91. The molecule has 0 spiro atoms. The molecule has 0 rings (SSSR count). The maximum atomic E-state index is 12.4. The van der Waals surface area contributed by atoms with Crippen LogP contribution in [0.1, 0.15) is 220 Å². The van der Waals surface area contributed by atoms with Gasteiger partial charge in [0.05, 0.1) is 19.3 Å². The molecule has 0 saturated carbocycles. The third-order valence-electron chi connectivity index (χ3n) is 9.51. The Hall–Kier alpha value is -0.610. The van der Waals surface area contributed by atoms with Crippen LogP contribution >= 0.6 is 0 Å². The van der Waals surface area contributed by atoms with Crippen molar-refractivity contribution in [1.29, 1.82) is 0 Å². The third kappa shape index (κ3) is 32.8. The summed E-state index contributed by atoms with van der Waals surface area (Å²) >= 11 is 0. The average Bonchev–Trinajstić information content (AvgIpc) is 3.03. The molecule has 0 aliphatic heterocycles. The summed E-state index contributed by atoms with van der Waals surface area (Å²) in [6, 6.07) is -0.283. The summed E-state index contributed by atoms with van der Waals surface area (Å²) in [5.74, 6) is 0.809. The largest absolute Gasteiger partial charge is 0.394 e. The summed E-state index contributed by atoms with van der Waals surface area (Å²) in [5.41, 5.74) is 0. The number of rotatable bonds is 37. The molecule has 2 N–H and O–H groups in total. The minimum atomic E-state index is -0.283. The number of unbranched alkanes of at least 4 members (excludes halogenated alkanes) is 24. The lowest BCUT2D eigenvalue weighted by Gasteiger charge is -2.19. The minimum Gasteiger partial charge on any atom is -0.394 e. The summed E-state index contributed by atoms with van der Waals surface area (Å²) in [6.07, 6.45) is 40.6. The smallest absolute Gasteiger partial charge is 0.220 e. The van der Waals surface area contributed by atoms with Crippen LogP contribution in [-0.4, -0.2) is 36.9 Å². The Labute approximate surface area is 277 Å². The van der Waals surface area contributed by atoms with Gasteiger partial charge in [-0.1, -0.05) is 201 Å². The van der Waals surface area contributed by atoms with Gasteiger partial charge in [-0.25, -0.2) is 0 Å². The van der Waals surface area contributed by atoms with Crippen molar-refractivity contribution in [3.63, 3.8) is 0 Å². The van der Waals surface area contributed by atoms with Gasteiger partial charge in [-0.05, 0) is 18.8 Å². The van der Waals surface area contributed by atoms with E-state index in [1.807, 2.05) is 0 Å². The van der Waals surface area contributed by atoms with Gasteiger partial charge in [-0.2, -0.15) is 0 Å². The van der Waals surface area contributed by atoms with Crippen LogP contribution in [0.25, 0.3) is 0 Å². The van der Waals surface area contributed by atoms with Crippen molar-refractivity contribution in [2.24, 2.45) is 5.92 Å². The van der Waals surface area contributed by atoms with Gasteiger partial charge in [0.25, 0.3) is 0 Å². The number of carbonyl (C=O) groups is 1. The van der Waals surface area contributed by atoms with E-state index in [0.717, 1.165) is 31.8 Å². The standard InChI is InChI=1S/C40H81NO3/c1-4-7-10-13-15-17-19-21-23-26-29-32-38(31-28-25-12-9-6-3)34-35-44-37-39(36-42)41-40(43)33-30-27-24-22-20-18-16-14-11-8-5-2/h38-39,42H,4-37H2,1-3H3,(H,41,43)/t38-,39+/m1/s1. The number of carbonyl (C=O) groups excluding carboxylic acids is 1. The van der Waals surface area contributed by atoms with Gasteiger partial charge in [0.2, 0.25) is 5.91 Å². The first kappa shape index (κ1) is 43.4. The Morgan fingerprint density at radius 2 is 0.886 bits per heavy atom. The number of hydrogen-bond donors (Lipinski definition) is 2. The molecule has 0 unspecified atom stereocenters. The van der Waals surface area contributed by atoms with Gasteiger partial charge < -0.3 is 15.2 Å². The Bertz CT molecular complexity index is 555. The van der Waals surface area contributed by atoms with Crippen LogP contribution in [-0.2, 0) is 9.53 Å². The van der Waals surface area contributed by atoms with Crippen LogP contribution in [0.4, 0.5) is 0 Å². The number of aliphatic hydroxyl groups excluding tert-OH is 1. The summed E-state index contributed by atoms with van der Waals surface area (Å²) in [4.78, 5) is 12.4. The van der Waals surface area contributed by atoms with Gasteiger partial charge in [0, 0.05) is 13.0 Å². The van der Waals surface area contributed by atoms with Crippen molar-refractivity contribution in [2.75, 3.05) is 19.8 Å². The molecule has 0 heterocycles. The zero-order chi connectivity index (χ0) is 32.2. The monoisotopic (exact) mass is 624 g/mol. The summed E-state index contributed by atoms with van der Waals surface area (Å²) in [7, 11) is 0. The van der Waals surface area contributed by atoms with Crippen molar-refractivity contribution < 1.29 is 14.6 Å². The molecule has 0 aliphatic carbocycles. The second-order valence-electron chi connectivity index (χ2n) is 14.0. The molecule has 4 nitrogen and oxygen atoms in total.